The van der Waals surface area contributed by atoms with Crippen LogP contribution in [-0.2, 0) is 6.54 Å². The number of nitrogens with zero attached hydrogens (tertiary/aromatic N) is 1. The predicted octanol–water partition coefficient (Wildman–Crippen LogP) is 4.43. The molecule has 1 heterocycles. The van der Waals surface area contributed by atoms with E-state index in [0.29, 0.717) is 27.6 Å². The molecule has 0 radical (unpaired) electrons. The lowest BCUT2D eigenvalue weighted by molar-refractivity contribution is 0.479. The molecule has 0 saturated heterocycles. The highest BCUT2D eigenvalue weighted by molar-refractivity contribution is 6.42. The molecule has 0 atom stereocenters. The second-order valence-electron chi connectivity index (χ2n) is 4.86. The Morgan fingerprint density at radius 3 is 2.70 bits per heavy atom. The van der Waals surface area contributed by atoms with E-state index in [1.54, 1.807) is 24.4 Å². The summed E-state index contributed by atoms with van der Waals surface area (Å²) in [5.74, 6) is 1.34. The zero-order valence-corrected chi connectivity index (χ0v) is 12.3. The van der Waals surface area contributed by atoms with Crippen molar-refractivity contribution in [2.75, 3.05) is 0 Å². The van der Waals surface area contributed by atoms with E-state index in [-0.39, 0.29) is 0 Å². The molecule has 1 aliphatic rings. The minimum absolute atomic E-state index is 0.476. The Morgan fingerprint density at radius 2 is 1.95 bits per heavy atom. The molecule has 1 aromatic carbocycles. The molecule has 3 nitrogen and oxygen atoms in total. The van der Waals surface area contributed by atoms with E-state index >= 15 is 0 Å². The van der Waals surface area contributed by atoms with E-state index in [2.05, 4.69) is 10.3 Å². The number of nitrogens with one attached hydrogen (secondary N) is 1. The van der Waals surface area contributed by atoms with Crippen molar-refractivity contribution in [3.8, 4) is 11.5 Å². The number of hydrogen-bond donors (Lipinski definition) is 1. The Labute approximate surface area is 127 Å². The average Bonchev–Trinajstić information content (AvgIpc) is 3.25. The summed E-state index contributed by atoms with van der Waals surface area (Å²) in [6, 6.07) is 7.84. The van der Waals surface area contributed by atoms with Crippen LogP contribution in [-0.4, -0.2) is 11.0 Å². The van der Waals surface area contributed by atoms with Gasteiger partial charge in [0.05, 0.1) is 16.2 Å². The van der Waals surface area contributed by atoms with Crippen molar-refractivity contribution in [1.82, 2.24) is 10.3 Å². The van der Waals surface area contributed by atoms with Crippen molar-refractivity contribution in [3.05, 3.63) is 52.3 Å². The van der Waals surface area contributed by atoms with E-state index in [4.69, 9.17) is 27.9 Å². The van der Waals surface area contributed by atoms with Crippen LogP contribution < -0.4 is 10.1 Å². The summed E-state index contributed by atoms with van der Waals surface area (Å²) in [5, 5.41) is 4.44. The summed E-state index contributed by atoms with van der Waals surface area (Å²) in [7, 11) is 0. The fraction of sp³-hybridized carbons (Fsp3) is 0.267. The van der Waals surface area contributed by atoms with Gasteiger partial charge in [-0.25, -0.2) is 0 Å². The van der Waals surface area contributed by atoms with Gasteiger partial charge in [-0.15, -0.1) is 0 Å². The minimum Gasteiger partial charge on any atom is -0.456 e. The molecule has 1 saturated carbocycles. The highest BCUT2D eigenvalue weighted by atomic mass is 35.5. The third-order valence-corrected chi connectivity index (χ3v) is 3.81. The first-order valence-electron chi connectivity index (χ1n) is 6.51. The van der Waals surface area contributed by atoms with Crippen molar-refractivity contribution in [1.29, 1.82) is 0 Å². The molecular formula is C15H14Cl2N2O. The Hall–Kier alpha value is -1.29. The smallest absolute Gasteiger partial charge is 0.146 e. The first-order chi connectivity index (χ1) is 9.70. The van der Waals surface area contributed by atoms with Crippen molar-refractivity contribution < 1.29 is 4.74 Å². The van der Waals surface area contributed by atoms with Gasteiger partial charge in [0.25, 0.3) is 0 Å². The van der Waals surface area contributed by atoms with Crippen molar-refractivity contribution in [2.24, 2.45) is 0 Å². The van der Waals surface area contributed by atoms with Crippen LogP contribution in [0.5, 0.6) is 11.5 Å². The third kappa shape index (κ3) is 3.63. The van der Waals surface area contributed by atoms with Crippen molar-refractivity contribution in [3.63, 3.8) is 0 Å². The summed E-state index contributed by atoms with van der Waals surface area (Å²) in [4.78, 5) is 4.20. The van der Waals surface area contributed by atoms with Gasteiger partial charge in [-0.2, -0.15) is 0 Å². The molecule has 1 N–H and O–H groups in total. The first kappa shape index (κ1) is 13.7. The highest BCUT2D eigenvalue weighted by Crippen LogP contribution is 2.29. The zero-order chi connectivity index (χ0) is 13.9. The molecule has 2 aromatic rings. The van der Waals surface area contributed by atoms with Gasteiger partial charge in [0.2, 0.25) is 0 Å². The molecule has 1 aliphatic carbocycles. The number of pyridine rings is 1. The lowest BCUT2D eigenvalue weighted by atomic mass is 10.2. The Kier molecular flexibility index (Phi) is 4.10. The van der Waals surface area contributed by atoms with Crippen LogP contribution in [0.4, 0.5) is 0 Å². The standard InChI is InChI=1S/C15H14Cl2N2O/c16-14-4-3-12(6-15(14)17)20-13-5-10(7-18-9-13)8-19-11-1-2-11/h3-7,9,11,19H,1-2,8H2. The second-order valence-corrected chi connectivity index (χ2v) is 5.68. The number of aromatic nitrogens is 1. The Balaban J connectivity index is 1.69. The first-order valence-corrected chi connectivity index (χ1v) is 7.26. The second kappa shape index (κ2) is 6.00. The molecule has 0 amide bonds. The van der Waals surface area contributed by atoms with Gasteiger partial charge in [0, 0.05) is 24.8 Å². The summed E-state index contributed by atoms with van der Waals surface area (Å²) in [6.45, 7) is 0.816. The zero-order valence-electron chi connectivity index (χ0n) is 10.8. The normalized spacial score (nSPS) is 14.3. The largest absolute Gasteiger partial charge is 0.456 e. The molecule has 0 unspecified atom stereocenters. The van der Waals surface area contributed by atoms with Gasteiger partial charge in [0.15, 0.2) is 0 Å². The molecule has 20 heavy (non-hydrogen) atoms. The quantitative estimate of drug-likeness (QED) is 0.887. The van der Waals surface area contributed by atoms with E-state index < -0.39 is 0 Å². The summed E-state index contributed by atoms with van der Waals surface area (Å²) in [5.41, 5.74) is 1.11. The van der Waals surface area contributed by atoms with Crippen LogP contribution in [0.25, 0.3) is 0 Å². The Bertz CT molecular complexity index is 615. The molecule has 1 fully saturated rings. The van der Waals surface area contributed by atoms with Gasteiger partial charge < -0.3 is 10.1 Å². The third-order valence-electron chi connectivity index (χ3n) is 3.07. The van der Waals surface area contributed by atoms with Gasteiger partial charge in [-0.3, -0.25) is 4.98 Å². The number of halogens is 2. The maximum atomic E-state index is 5.97. The van der Waals surface area contributed by atoms with Crippen LogP contribution in [0.3, 0.4) is 0 Å². The van der Waals surface area contributed by atoms with Crippen LogP contribution >= 0.6 is 23.2 Å². The van der Waals surface area contributed by atoms with Crippen molar-refractivity contribution >= 4 is 23.2 Å². The lowest BCUT2D eigenvalue weighted by Crippen LogP contribution is -2.15. The van der Waals surface area contributed by atoms with E-state index in [0.717, 1.165) is 12.1 Å². The maximum Gasteiger partial charge on any atom is 0.146 e. The summed E-state index contributed by atoms with van der Waals surface area (Å²) >= 11 is 11.8. The van der Waals surface area contributed by atoms with Gasteiger partial charge in [-0.1, -0.05) is 23.2 Å². The molecule has 0 bridgehead atoms. The minimum atomic E-state index is 0.476. The summed E-state index contributed by atoms with van der Waals surface area (Å²) in [6.07, 6.45) is 6.07. The Morgan fingerprint density at radius 1 is 1.10 bits per heavy atom. The SMILES string of the molecule is Clc1ccc(Oc2cncc(CNC3CC3)c2)cc1Cl. The molecule has 104 valence electrons. The summed E-state index contributed by atoms with van der Waals surface area (Å²) < 4.78 is 5.74. The van der Waals surface area contributed by atoms with E-state index in [1.807, 2.05) is 12.3 Å². The number of hydrogen-bond acceptors (Lipinski definition) is 3. The topological polar surface area (TPSA) is 34.1 Å². The fourth-order valence-electron chi connectivity index (χ4n) is 1.84. The van der Waals surface area contributed by atoms with Crippen LogP contribution in [0, 0.1) is 0 Å². The monoisotopic (exact) mass is 308 g/mol. The molecule has 3 rings (SSSR count). The number of benzene rings is 1. The number of ether oxygens (including phenoxy) is 1. The van der Waals surface area contributed by atoms with Crippen LogP contribution in [0.15, 0.2) is 36.7 Å². The fourth-order valence-corrected chi connectivity index (χ4v) is 2.13. The van der Waals surface area contributed by atoms with Gasteiger partial charge in [-0.05, 0) is 36.6 Å². The molecular weight excluding hydrogens is 295 g/mol. The molecule has 0 aliphatic heterocycles. The van der Waals surface area contributed by atoms with Crippen molar-refractivity contribution in [2.45, 2.75) is 25.4 Å². The van der Waals surface area contributed by atoms with E-state index in [9.17, 15) is 0 Å². The van der Waals surface area contributed by atoms with Crippen LogP contribution in [0.2, 0.25) is 10.0 Å². The molecule has 1 aromatic heterocycles. The van der Waals surface area contributed by atoms with Crippen LogP contribution in [0.1, 0.15) is 18.4 Å². The maximum absolute atomic E-state index is 5.97. The molecule has 5 heteroatoms. The van der Waals surface area contributed by atoms with E-state index in [1.165, 1.54) is 12.8 Å². The average molecular weight is 309 g/mol. The predicted molar refractivity (Wildman–Crippen MR) is 80.6 cm³/mol. The van der Waals surface area contributed by atoms with Gasteiger partial charge in [0.1, 0.15) is 11.5 Å². The lowest BCUT2D eigenvalue weighted by Gasteiger charge is -2.08. The molecule has 0 spiro atoms. The highest BCUT2D eigenvalue weighted by Gasteiger charge is 2.19. The van der Waals surface area contributed by atoms with Gasteiger partial charge >= 0.3 is 0 Å². The number of rotatable bonds is 5.